The highest BCUT2D eigenvalue weighted by Crippen LogP contribution is 2.33. The third-order valence-electron chi connectivity index (χ3n) is 8.01. The van der Waals surface area contributed by atoms with E-state index in [1.165, 1.54) is 71.9 Å². The average molecular weight is 537 g/mol. The number of aryl methyl sites for hydroxylation is 3. The van der Waals surface area contributed by atoms with Crippen molar-refractivity contribution in [1.29, 1.82) is 0 Å². The van der Waals surface area contributed by atoms with E-state index in [1.807, 2.05) is 0 Å². The third kappa shape index (κ3) is 8.50. The van der Waals surface area contributed by atoms with Gasteiger partial charge in [-0.1, -0.05) is 84.2 Å². The smallest absolute Gasteiger partial charge is 0.0642 e. The Labute approximate surface area is 245 Å². The molecule has 2 heteroatoms. The number of rotatable bonds is 15. The van der Waals surface area contributed by atoms with Crippen LogP contribution in [0.3, 0.4) is 0 Å². The quantitative estimate of drug-likeness (QED) is 0.173. The Morgan fingerprint density at radius 1 is 0.650 bits per heavy atom. The highest BCUT2D eigenvalue weighted by Gasteiger charge is 2.13. The maximum Gasteiger partial charge on any atom is 0.0642 e. The Balaban J connectivity index is 2.05. The van der Waals surface area contributed by atoms with E-state index in [0.29, 0.717) is 0 Å². The summed E-state index contributed by atoms with van der Waals surface area (Å²) in [5.74, 6) is 0. The predicted molar refractivity (Wildman–Crippen MR) is 178 cm³/mol. The molecule has 2 nitrogen and oxygen atoms in total. The van der Waals surface area contributed by atoms with Gasteiger partial charge in [0.25, 0.3) is 0 Å². The maximum atomic E-state index is 5.21. The van der Waals surface area contributed by atoms with E-state index in [0.717, 1.165) is 54.9 Å². The molecule has 0 bridgehead atoms. The van der Waals surface area contributed by atoms with Crippen LogP contribution in [0.15, 0.2) is 64.6 Å². The molecule has 214 valence electrons. The second kappa shape index (κ2) is 16.3. The molecule has 3 aromatic rings. The minimum atomic E-state index is 0.852. The molecule has 0 unspecified atom stereocenters. The molecule has 0 aromatic heterocycles. The van der Waals surface area contributed by atoms with E-state index in [1.54, 1.807) is 5.56 Å². The summed E-state index contributed by atoms with van der Waals surface area (Å²) in [5.41, 5.74) is 14.1. The summed E-state index contributed by atoms with van der Waals surface area (Å²) in [6, 6.07) is 20.0. The SMILES string of the molecule is CCCCc1cc(N=C(C)C(CC)=Nc2cc(C)c(CCCC)c(-c3ccccc3)c2)cc(CCCC)c1CC. The summed E-state index contributed by atoms with van der Waals surface area (Å²) in [7, 11) is 0. The monoisotopic (exact) mass is 536 g/mol. The molecule has 0 saturated carbocycles. The van der Waals surface area contributed by atoms with Gasteiger partial charge in [0, 0.05) is 0 Å². The van der Waals surface area contributed by atoms with Gasteiger partial charge in [-0.25, -0.2) is 0 Å². The average Bonchev–Trinajstić information content (AvgIpc) is 2.97. The van der Waals surface area contributed by atoms with Crippen molar-refractivity contribution in [2.75, 3.05) is 0 Å². The van der Waals surface area contributed by atoms with Crippen LogP contribution in [0.2, 0.25) is 0 Å². The highest BCUT2D eigenvalue weighted by atomic mass is 14.8. The largest absolute Gasteiger partial charge is 0.252 e. The molecular formula is C38H52N2. The molecule has 0 heterocycles. The zero-order chi connectivity index (χ0) is 28.9. The van der Waals surface area contributed by atoms with E-state index in [4.69, 9.17) is 9.98 Å². The van der Waals surface area contributed by atoms with Crippen LogP contribution in [0.1, 0.15) is 114 Å². The normalized spacial score (nSPS) is 12.3. The molecule has 0 radical (unpaired) electrons. The zero-order valence-corrected chi connectivity index (χ0v) is 26.4. The summed E-state index contributed by atoms with van der Waals surface area (Å²) < 4.78 is 0. The van der Waals surface area contributed by atoms with Gasteiger partial charge in [0.15, 0.2) is 0 Å². The van der Waals surface area contributed by atoms with Crippen LogP contribution in [0.25, 0.3) is 11.1 Å². The lowest BCUT2D eigenvalue weighted by Crippen LogP contribution is -2.09. The number of hydrogen-bond donors (Lipinski definition) is 0. The first-order valence-electron chi connectivity index (χ1n) is 15.9. The molecule has 40 heavy (non-hydrogen) atoms. The van der Waals surface area contributed by atoms with E-state index in [2.05, 4.69) is 103 Å². The first kappa shape index (κ1) is 31.5. The van der Waals surface area contributed by atoms with Crippen LogP contribution in [0.4, 0.5) is 11.4 Å². The van der Waals surface area contributed by atoms with Gasteiger partial charge in [-0.05, 0) is 128 Å². The summed E-state index contributed by atoms with van der Waals surface area (Å²) >= 11 is 0. The molecule has 0 aliphatic carbocycles. The van der Waals surface area contributed by atoms with Gasteiger partial charge in [-0.2, -0.15) is 0 Å². The Bertz CT molecular complexity index is 1250. The second-order valence-electron chi connectivity index (χ2n) is 11.2. The molecule has 0 N–H and O–H groups in total. The fraction of sp³-hybridized carbons (Fsp3) is 0.474. The van der Waals surface area contributed by atoms with E-state index in [9.17, 15) is 0 Å². The molecule has 0 aliphatic rings. The van der Waals surface area contributed by atoms with Crippen LogP contribution < -0.4 is 0 Å². The van der Waals surface area contributed by atoms with Crippen molar-refractivity contribution in [2.24, 2.45) is 9.98 Å². The Morgan fingerprint density at radius 2 is 1.23 bits per heavy atom. The van der Waals surface area contributed by atoms with Crippen molar-refractivity contribution < 1.29 is 0 Å². The number of unbranched alkanes of at least 4 members (excludes halogenated alkanes) is 3. The van der Waals surface area contributed by atoms with Crippen molar-refractivity contribution in [1.82, 2.24) is 0 Å². The van der Waals surface area contributed by atoms with Gasteiger partial charge < -0.3 is 0 Å². The molecule has 0 spiro atoms. The first-order chi connectivity index (χ1) is 19.4. The third-order valence-corrected chi connectivity index (χ3v) is 8.01. The van der Waals surface area contributed by atoms with Crippen molar-refractivity contribution in [3.05, 3.63) is 82.4 Å². The summed E-state index contributed by atoms with van der Waals surface area (Å²) in [5, 5.41) is 0. The Hall–Kier alpha value is -3.00. The molecule has 0 saturated heterocycles. The molecule has 0 amide bonds. The standard InChI is InChI=1S/C38H52N2/c1-8-13-19-31-25-34(26-32(20-14-9-2)35(31)11-4)39-29(7)38(12-5)40-33-24-28(6)36(23-15-10-3)37(27-33)30-21-17-16-18-22-30/h16-18,21-22,24-27H,8-15,19-20,23H2,1-7H3. The van der Waals surface area contributed by atoms with Crippen molar-refractivity contribution in [3.8, 4) is 11.1 Å². The second-order valence-corrected chi connectivity index (χ2v) is 11.2. The van der Waals surface area contributed by atoms with Crippen molar-refractivity contribution in [3.63, 3.8) is 0 Å². The predicted octanol–water partition coefficient (Wildman–Crippen LogP) is 11.5. The van der Waals surface area contributed by atoms with Crippen LogP contribution in [0, 0.1) is 6.92 Å². The molecule has 3 rings (SSSR count). The lowest BCUT2D eigenvalue weighted by Gasteiger charge is -2.16. The fourth-order valence-corrected chi connectivity index (χ4v) is 5.73. The van der Waals surface area contributed by atoms with Crippen LogP contribution in [-0.4, -0.2) is 11.4 Å². The van der Waals surface area contributed by atoms with Crippen molar-refractivity contribution >= 4 is 22.8 Å². The number of aliphatic imine (C=N–C) groups is 2. The van der Waals surface area contributed by atoms with Gasteiger partial charge in [-0.3, -0.25) is 9.98 Å². The highest BCUT2D eigenvalue weighted by molar-refractivity contribution is 6.42. The number of hydrogen-bond acceptors (Lipinski definition) is 2. The van der Waals surface area contributed by atoms with Crippen LogP contribution >= 0.6 is 0 Å². The first-order valence-corrected chi connectivity index (χ1v) is 15.9. The molecule has 0 atom stereocenters. The Morgan fingerprint density at radius 3 is 1.77 bits per heavy atom. The molecule has 0 fully saturated rings. The van der Waals surface area contributed by atoms with E-state index >= 15 is 0 Å². The van der Waals surface area contributed by atoms with Gasteiger partial charge >= 0.3 is 0 Å². The molecular weight excluding hydrogens is 484 g/mol. The minimum absolute atomic E-state index is 0.852. The van der Waals surface area contributed by atoms with Crippen LogP contribution in [-0.2, 0) is 25.7 Å². The maximum absolute atomic E-state index is 5.21. The van der Waals surface area contributed by atoms with Gasteiger partial charge in [0.1, 0.15) is 0 Å². The zero-order valence-electron chi connectivity index (χ0n) is 26.4. The number of nitrogens with zero attached hydrogens (tertiary/aromatic N) is 2. The van der Waals surface area contributed by atoms with Gasteiger partial charge in [-0.15, -0.1) is 0 Å². The summed E-state index contributed by atoms with van der Waals surface area (Å²) in [6.45, 7) is 15.7. The number of benzene rings is 3. The minimum Gasteiger partial charge on any atom is -0.252 e. The lowest BCUT2D eigenvalue weighted by atomic mass is 9.91. The van der Waals surface area contributed by atoms with Crippen molar-refractivity contribution in [2.45, 2.75) is 119 Å². The van der Waals surface area contributed by atoms with Gasteiger partial charge in [0.2, 0.25) is 0 Å². The summed E-state index contributed by atoms with van der Waals surface area (Å²) in [6.07, 6.45) is 12.6. The molecule has 3 aromatic carbocycles. The lowest BCUT2D eigenvalue weighted by molar-refractivity contribution is 0.766. The molecule has 0 aliphatic heterocycles. The fourth-order valence-electron chi connectivity index (χ4n) is 5.73. The van der Waals surface area contributed by atoms with Gasteiger partial charge in [0.05, 0.1) is 22.8 Å². The Kier molecular flexibility index (Phi) is 12.9. The summed E-state index contributed by atoms with van der Waals surface area (Å²) in [4.78, 5) is 10.4. The van der Waals surface area contributed by atoms with E-state index < -0.39 is 0 Å². The topological polar surface area (TPSA) is 24.7 Å². The van der Waals surface area contributed by atoms with E-state index in [-0.39, 0.29) is 0 Å². The van der Waals surface area contributed by atoms with Crippen LogP contribution in [0.5, 0.6) is 0 Å².